The number of halogens is 1. The molecule has 1 aliphatic heterocycles. The molecule has 0 unspecified atom stereocenters. The maximum Gasteiger partial charge on any atom is 0.223 e. The summed E-state index contributed by atoms with van der Waals surface area (Å²) < 4.78 is 11.0. The van der Waals surface area contributed by atoms with Gasteiger partial charge in [0.1, 0.15) is 0 Å². The van der Waals surface area contributed by atoms with Crippen LogP contribution in [0.15, 0.2) is 47.5 Å². The number of hydrogen-bond acceptors (Lipinski definition) is 4. The second kappa shape index (κ2) is 13.1. The standard InChI is InChI=1S/C24H32N4O3.HI/c1-4-25-24(27-20-12-13-21(31-5-2)22(15-20)30-3)26-14-8-11-23(29)28-16-18-9-6-7-10-19(18)17-28;/h6-7,9-10,12-13,15H,4-5,8,11,14,16-17H2,1-3H3,(H2,25,26,27);1H. The Labute approximate surface area is 207 Å². The van der Waals surface area contributed by atoms with E-state index in [-0.39, 0.29) is 29.9 Å². The molecule has 8 heteroatoms. The third kappa shape index (κ3) is 7.01. The highest BCUT2D eigenvalue weighted by Crippen LogP contribution is 2.30. The minimum Gasteiger partial charge on any atom is -0.493 e. The maximum atomic E-state index is 12.6. The fraction of sp³-hybridized carbons (Fsp3) is 0.417. The molecule has 0 spiro atoms. The number of carbonyl (C=O) groups excluding carboxylic acids is 1. The van der Waals surface area contributed by atoms with Gasteiger partial charge in [-0.25, -0.2) is 0 Å². The van der Waals surface area contributed by atoms with Gasteiger partial charge in [0.2, 0.25) is 5.91 Å². The van der Waals surface area contributed by atoms with E-state index in [2.05, 4.69) is 27.8 Å². The number of anilines is 1. The minimum absolute atomic E-state index is 0. The van der Waals surface area contributed by atoms with E-state index < -0.39 is 0 Å². The van der Waals surface area contributed by atoms with Gasteiger partial charge in [0, 0.05) is 44.4 Å². The molecule has 7 nitrogen and oxygen atoms in total. The first-order chi connectivity index (χ1) is 15.1. The molecule has 2 aromatic carbocycles. The van der Waals surface area contributed by atoms with Gasteiger partial charge in [-0.05, 0) is 43.5 Å². The number of carbonyl (C=O) groups is 1. The third-order valence-corrected chi connectivity index (χ3v) is 5.08. The fourth-order valence-electron chi connectivity index (χ4n) is 3.55. The predicted molar refractivity (Wildman–Crippen MR) is 139 cm³/mol. The quantitative estimate of drug-likeness (QED) is 0.209. The van der Waals surface area contributed by atoms with E-state index in [0.717, 1.165) is 12.2 Å². The minimum atomic E-state index is 0. The highest BCUT2D eigenvalue weighted by atomic mass is 127. The summed E-state index contributed by atoms with van der Waals surface area (Å²) in [6.07, 6.45) is 1.20. The van der Waals surface area contributed by atoms with Crippen molar-refractivity contribution >= 4 is 41.5 Å². The molecular formula is C24H33IN4O3. The summed E-state index contributed by atoms with van der Waals surface area (Å²) in [7, 11) is 1.62. The first-order valence-corrected chi connectivity index (χ1v) is 10.8. The number of nitrogens with one attached hydrogen (secondary N) is 2. The number of benzene rings is 2. The van der Waals surface area contributed by atoms with Crippen LogP contribution in [0, 0.1) is 0 Å². The molecule has 2 N–H and O–H groups in total. The lowest BCUT2D eigenvalue weighted by molar-refractivity contribution is -0.131. The molecule has 1 heterocycles. The predicted octanol–water partition coefficient (Wildman–Crippen LogP) is 4.41. The van der Waals surface area contributed by atoms with Gasteiger partial charge in [-0.3, -0.25) is 9.79 Å². The van der Waals surface area contributed by atoms with Crippen LogP contribution in [-0.2, 0) is 17.9 Å². The first-order valence-electron chi connectivity index (χ1n) is 10.8. The molecule has 1 amide bonds. The first kappa shape index (κ1) is 25.8. The normalized spacial score (nSPS) is 12.6. The van der Waals surface area contributed by atoms with Crippen molar-refractivity contribution in [3.8, 4) is 11.5 Å². The molecule has 0 aromatic heterocycles. The van der Waals surface area contributed by atoms with E-state index in [1.807, 2.05) is 49.1 Å². The number of ether oxygens (including phenoxy) is 2. The Morgan fingerprint density at radius 2 is 1.81 bits per heavy atom. The summed E-state index contributed by atoms with van der Waals surface area (Å²) in [4.78, 5) is 19.1. The number of fused-ring (bicyclic) bond motifs is 1. The number of aliphatic imine (C=N–C) groups is 1. The summed E-state index contributed by atoms with van der Waals surface area (Å²) in [5.74, 6) is 2.23. The molecule has 0 radical (unpaired) electrons. The molecule has 0 saturated carbocycles. The number of guanidine groups is 1. The number of rotatable bonds is 9. The van der Waals surface area contributed by atoms with E-state index in [9.17, 15) is 4.79 Å². The Kier molecular flexibility index (Phi) is 10.6. The zero-order valence-corrected chi connectivity index (χ0v) is 21.3. The average molecular weight is 552 g/mol. The number of nitrogens with zero attached hydrogens (tertiary/aromatic N) is 2. The Hall–Kier alpha value is -2.49. The zero-order valence-electron chi connectivity index (χ0n) is 19.0. The Morgan fingerprint density at radius 3 is 2.44 bits per heavy atom. The maximum absolute atomic E-state index is 12.6. The summed E-state index contributed by atoms with van der Waals surface area (Å²) in [6.45, 7) is 7.26. The van der Waals surface area contributed by atoms with Crippen LogP contribution in [0.3, 0.4) is 0 Å². The summed E-state index contributed by atoms with van der Waals surface area (Å²) in [5.41, 5.74) is 3.35. The van der Waals surface area contributed by atoms with Gasteiger partial charge in [-0.15, -0.1) is 24.0 Å². The highest BCUT2D eigenvalue weighted by molar-refractivity contribution is 14.0. The Bertz CT molecular complexity index is 895. The molecular weight excluding hydrogens is 519 g/mol. The molecule has 1 aliphatic rings. The van der Waals surface area contributed by atoms with Crippen molar-refractivity contribution in [3.05, 3.63) is 53.6 Å². The van der Waals surface area contributed by atoms with E-state index in [1.54, 1.807) is 7.11 Å². The van der Waals surface area contributed by atoms with Crippen LogP contribution in [0.2, 0.25) is 0 Å². The second-order valence-corrected chi connectivity index (χ2v) is 7.31. The van der Waals surface area contributed by atoms with Gasteiger partial charge in [-0.1, -0.05) is 24.3 Å². The molecule has 174 valence electrons. The number of hydrogen-bond donors (Lipinski definition) is 2. The van der Waals surface area contributed by atoms with Crippen LogP contribution in [0.4, 0.5) is 5.69 Å². The van der Waals surface area contributed by atoms with Crippen molar-refractivity contribution in [2.75, 3.05) is 32.1 Å². The lowest BCUT2D eigenvalue weighted by Crippen LogP contribution is -2.31. The topological polar surface area (TPSA) is 75.2 Å². The molecule has 0 fully saturated rings. The third-order valence-electron chi connectivity index (χ3n) is 5.08. The van der Waals surface area contributed by atoms with Crippen LogP contribution < -0.4 is 20.1 Å². The van der Waals surface area contributed by atoms with Crippen LogP contribution in [-0.4, -0.2) is 43.6 Å². The van der Waals surface area contributed by atoms with Crippen molar-refractivity contribution in [2.45, 2.75) is 39.8 Å². The Balaban J connectivity index is 0.00000363. The molecule has 3 rings (SSSR count). The van der Waals surface area contributed by atoms with Crippen LogP contribution in [0.1, 0.15) is 37.8 Å². The molecule has 0 aliphatic carbocycles. The monoisotopic (exact) mass is 552 g/mol. The zero-order chi connectivity index (χ0) is 22.1. The number of amides is 1. The summed E-state index contributed by atoms with van der Waals surface area (Å²) in [6, 6.07) is 13.9. The van der Waals surface area contributed by atoms with Crippen molar-refractivity contribution in [1.29, 1.82) is 0 Å². The van der Waals surface area contributed by atoms with Crippen molar-refractivity contribution in [3.63, 3.8) is 0 Å². The van der Waals surface area contributed by atoms with Gasteiger partial charge < -0.3 is 25.0 Å². The van der Waals surface area contributed by atoms with Gasteiger partial charge in [0.05, 0.1) is 13.7 Å². The van der Waals surface area contributed by atoms with Gasteiger partial charge in [-0.2, -0.15) is 0 Å². The SMILES string of the molecule is CCNC(=NCCCC(=O)N1Cc2ccccc2C1)Nc1ccc(OCC)c(OC)c1.I. The van der Waals surface area contributed by atoms with Gasteiger partial charge in [0.25, 0.3) is 0 Å². The lowest BCUT2D eigenvalue weighted by Gasteiger charge is -2.15. The van der Waals surface area contributed by atoms with Crippen molar-refractivity contribution < 1.29 is 14.3 Å². The molecule has 0 saturated heterocycles. The van der Waals surface area contributed by atoms with Gasteiger partial charge in [0.15, 0.2) is 17.5 Å². The smallest absolute Gasteiger partial charge is 0.223 e. The molecule has 0 bridgehead atoms. The van der Waals surface area contributed by atoms with Crippen molar-refractivity contribution in [2.24, 2.45) is 4.99 Å². The van der Waals surface area contributed by atoms with E-state index in [4.69, 9.17) is 9.47 Å². The van der Waals surface area contributed by atoms with Crippen LogP contribution in [0.25, 0.3) is 0 Å². The summed E-state index contributed by atoms with van der Waals surface area (Å²) in [5, 5.41) is 6.52. The number of methoxy groups -OCH3 is 1. The van der Waals surface area contributed by atoms with E-state index in [1.165, 1.54) is 11.1 Å². The van der Waals surface area contributed by atoms with Crippen LogP contribution >= 0.6 is 24.0 Å². The van der Waals surface area contributed by atoms with Crippen LogP contribution in [0.5, 0.6) is 11.5 Å². The average Bonchev–Trinajstić information content (AvgIpc) is 3.22. The molecule has 0 atom stereocenters. The molecule has 32 heavy (non-hydrogen) atoms. The second-order valence-electron chi connectivity index (χ2n) is 7.31. The molecule has 2 aromatic rings. The summed E-state index contributed by atoms with van der Waals surface area (Å²) >= 11 is 0. The largest absolute Gasteiger partial charge is 0.493 e. The van der Waals surface area contributed by atoms with Gasteiger partial charge >= 0.3 is 0 Å². The lowest BCUT2D eigenvalue weighted by atomic mass is 10.1. The van der Waals surface area contributed by atoms with E-state index in [0.29, 0.717) is 56.5 Å². The highest BCUT2D eigenvalue weighted by Gasteiger charge is 2.22. The fourth-order valence-corrected chi connectivity index (χ4v) is 3.55. The van der Waals surface area contributed by atoms with Crippen molar-refractivity contribution in [1.82, 2.24) is 10.2 Å². The Morgan fingerprint density at radius 1 is 1.09 bits per heavy atom. The van der Waals surface area contributed by atoms with E-state index >= 15 is 0 Å².